The Morgan fingerprint density at radius 1 is 0.935 bits per heavy atom. The van der Waals surface area contributed by atoms with Crippen LogP contribution in [0, 0.1) is 0 Å². The normalized spacial score (nSPS) is 11.7. The highest BCUT2D eigenvalue weighted by Gasteiger charge is 2.31. The molecule has 0 radical (unpaired) electrons. The molecule has 5 aromatic rings. The number of carbonyl (C=O) groups excluding carboxylic acids is 1. The molecule has 0 aliphatic rings. The van der Waals surface area contributed by atoms with E-state index < -0.39 is 17.5 Å². The van der Waals surface area contributed by atoms with Gasteiger partial charge in [0.2, 0.25) is 5.82 Å². The van der Waals surface area contributed by atoms with Crippen LogP contribution >= 0.6 is 0 Å². The van der Waals surface area contributed by atoms with Gasteiger partial charge in [-0.1, -0.05) is 72.4 Å². The molecule has 0 amide bonds. The summed E-state index contributed by atoms with van der Waals surface area (Å²) in [4.78, 5) is 35.3. The van der Waals surface area contributed by atoms with Crippen LogP contribution in [0.1, 0.15) is 70.7 Å². The monoisotopic (exact) mass is 627 g/mol. The number of aryl methyl sites for hydroxylation is 1. The van der Waals surface area contributed by atoms with Gasteiger partial charge in [0.05, 0.1) is 12.0 Å². The minimum atomic E-state index is -1.42. The highest BCUT2D eigenvalue weighted by Crippen LogP contribution is 2.31. The van der Waals surface area contributed by atoms with Crippen LogP contribution in [0.5, 0.6) is 0 Å². The van der Waals surface area contributed by atoms with Gasteiger partial charge >= 0.3 is 5.97 Å². The second-order valence-corrected chi connectivity index (χ2v) is 11.1. The first kappa shape index (κ1) is 32.3. The van der Waals surface area contributed by atoms with E-state index in [1.165, 1.54) is 13.8 Å². The Morgan fingerprint density at radius 3 is 2.20 bits per heavy atom. The van der Waals surface area contributed by atoms with E-state index >= 15 is 0 Å². The fourth-order valence-corrected chi connectivity index (χ4v) is 5.03. The lowest BCUT2D eigenvalue weighted by Crippen LogP contribution is -2.22. The lowest BCUT2D eigenvalue weighted by atomic mass is 9.98. The molecule has 2 aromatic heterocycles. The number of tetrazole rings is 1. The molecule has 0 fully saturated rings. The number of carboxylic acid groups (broad SMARTS) is 1. The number of nitrogens with zero attached hydrogens (tertiary/aromatic N) is 7. The molecular weight excluding hydrogens is 594 g/mol. The summed E-state index contributed by atoms with van der Waals surface area (Å²) in [5.41, 5.74) is 2.73. The maximum Gasteiger partial charge on any atom is 0.354 e. The zero-order chi connectivity index (χ0) is 33.0. The number of hydrogen-bond donors (Lipinski definition) is 4. The average Bonchev–Trinajstić information content (AvgIpc) is 3.66. The smallest absolute Gasteiger partial charge is 0.354 e. The number of benzene rings is 3. The molecular formula is C32H33N7O7. The number of carbonyl (C=O) groups is 2. The Labute approximate surface area is 263 Å². The molecule has 5 rings (SSSR count). The lowest BCUT2D eigenvalue weighted by molar-refractivity contribution is -0.497. The van der Waals surface area contributed by atoms with Crippen molar-refractivity contribution in [3.8, 4) is 22.5 Å². The van der Waals surface area contributed by atoms with E-state index in [9.17, 15) is 19.8 Å². The summed E-state index contributed by atoms with van der Waals surface area (Å²) < 4.78 is 1.65. The molecule has 0 bridgehead atoms. The Hall–Kier alpha value is -5.12. The third-order valence-electron chi connectivity index (χ3n) is 7.22. The van der Waals surface area contributed by atoms with Gasteiger partial charge in [0.25, 0.3) is 5.91 Å². The van der Waals surface area contributed by atoms with E-state index in [1.54, 1.807) is 28.8 Å². The van der Waals surface area contributed by atoms with Crippen LogP contribution in [-0.4, -0.2) is 67.7 Å². The largest absolute Gasteiger partial charge is 0.477 e. The number of aromatic carboxylic acids is 1. The van der Waals surface area contributed by atoms with Crippen LogP contribution in [-0.2, 0) is 30.0 Å². The summed E-state index contributed by atoms with van der Waals surface area (Å²) in [7, 11) is 0. The van der Waals surface area contributed by atoms with Gasteiger partial charge in [-0.05, 0) is 59.9 Å². The third kappa shape index (κ3) is 7.06. The Balaban J connectivity index is 1.38. The second-order valence-electron chi connectivity index (χ2n) is 11.1. The molecule has 46 heavy (non-hydrogen) atoms. The van der Waals surface area contributed by atoms with Crippen LogP contribution in [0.2, 0.25) is 0 Å². The zero-order valence-electron chi connectivity index (χ0n) is 25.4. The van der Waals surface area contributed by atoms with Gasteiger partial charge in [-0.15, -0.1) is 10.2 Å². The molecule has 14 heteroatoms. The van der Waals surface area contributed by atoms with Gasteiger partial charge in [0.15, 0.2) is 5.69 Å². The Kier molecular flexibility index (Phi) is 9.46. The quantitative estimate of drug-likeness (QED) is 0.144. The minimum absolute atomic E-state index is 0.0289. The first-order valence-corrected chi connectivity index (χ1v) is 14.4. The van der Waals surface area contributed by atoms with Gasteiger partial charge in [-0.2, -0.15) is 0 Å². The van der Waals surface area contributed by atoms with Crippen molar-refractivity contribution in [3.63, 3.8) is 0 Å². The standard InChI is InChI=1S/C32H33N7O7/c1-4-7-26-33-28(32(2,3)43)27(31(41)42)37(26)18-20-10-14-22(15-11-20)24-8-5-6-9-25(24)29-34-36-38(35-29)30(40)23-16-12-21(13-17-23)19-46-39(44)45/h5-6,8-17,43-45H,4,7,18-19H2,1-3H3,(H,41,42). The van der Waals surface area contributed by atoms with E-state index in [0.29, 0.717) is 28.9 Å². The predicted molar refractivity (Wildman–Crippen MR) is 163 cm³/mol. The molecule has 0 atom stereocenters. The number of aromatic nitrogens is 6. The van der Waals surface area contributed by atoms with Crippen LogP contribution in [0.25, 0.3) is 22.5 Å². The van der Waals surface area contributed by atoms with Crippen molar-refractivity contribution in [2.75, 3.05) is 0 Å². The van der Waals surface area contributed by atoms with Gasteiger partial charge in [-0.25, -0.2) is 14.6 Å². The van der Waals surface area contributed by atoms with Crippen molar-refractivity contribution in [1.82, 2.24) is 35.1 Å². The first-order valence-electron chi connectivity index (χ1n) is 14.4. The summed E-state index contributed by atoms with van der Waals surface area (Å²) in [5.74, 6) is -0.813. The summed E-state index contributed by atoms with van der Waals surface area (Å²) in [6.07, 6.45) is 1.32. The van der Waals surface area contributed by atoms with Crippen molar-refractivity contribution in [2.24, 2.45) is 0 Å². The molecule has 4 N–H and O–H groups in total. The Morgan fingerprint density at radius 2 is 1.59 bits per heavy atom. The second kappa shape index (κ2) is 13.5. The molecule has 0 aliphatic carbocycles. The zero-order valence-corrected chi connectivity index (χ0v) is 25.4. The van der Waals surface area contributed by atoms with Crippen molar-refractivity contribution < 1.29 is 35.1 Å². The van der Waals surface area contributed by atoms with Gasteiger partial charge in [-0.3, -0.25) is 15.2 Å². The van der Waals surface area contributed by atoms with E-state index in [1.807, 2.05) is 55.5 Å². The highest BCUT2D eigenvalue weighted by molar-refractivity contribution is 5.95. The maximum atomic E-state index is 13.0. The third-order valence-corrected chi connectivity index (χ3v) is 7.22. The average molecular weight is 628 g/mol. The van der Waals surface area contributed by atoms with Crippen molar-refractivity contribution in [2.45, 2.75) is 52.4 Å². The topological polar surface area (TPSA) is 189 Å². The molecule has 0 aliphatic heterocycles. The number of hydrogen-bond acceptors (Lipinski definition) is 11. The first-order chi connectivity index (χ1) is 22.0. The molecule has 0 unspecified atom stereocenters. The van der Waals surface area contributed by atoms with E-state index in [4.69, 9.17) is 10.4 Å². The maximum absolute atomic E-state index is 13.0. The number of rotatable bonds is 12. The summed E-state index contributed by atoms with van der Waals surface area (Å²) >= 11 is 0. The number of carboxylic acids is 1. The fourth-order valence-electron chi connectivity index (χ4n) is 5.03. The van der Waals surface area contributed by atoms with Gasteiger partial charge < -0.3 is 14.8 Å². The van der Waals surface area contributed by atoms with Crippen LogP contribution in [0.15, 0.2) is 72.8 Å². The van der Waals surface area contributed by atoms with Crippen LogP contribution in [0.4, 0.5) is 0 Å². The van der Waals surface area contributed by atoms with Gasteiger partial charge in [0, 0.05) is 24.1 Å². The summed E-state index contributed by atoms with van der Waals surface area (Å²) in [6.45, 7) is 5.19. The van der Waals surface area contributed by atoms with Crippen LogP contribution < -0.4 is 0 Å². The molecule has 0 spiro atoms. The summed E-state index contributed by atoms with van der Waals surface area (Å²) in [6, 6.07) is 21.3. The minimum Gasteiger partial charge on any atom is -0.477 e. The molecule has 238 valence electrons. The van der Waals surface area contributed by atoms with Gasteiger partial charge in [0.1, 0.15) is 17.1 Å². The van der Waals surface area contributed by atoms with Crippen molar-refractivity contribution >= 4 is 11.9 Å². The molecule has 3 aromatic carbocycles. The molecule has 2 heterocycles. The van der Waals surface area contributed by atoms with E-state index in [-0.39, 0.29) is 35.8 Å². The SMILES string of the molecule is CCCc1nc(C(C)(C)O)c(C(=O)O)n1Cc1ccc(-c2ccccc2-c2nnn(C(=O)c3ccc(CON(O)O)cc3)n2)cc1. The van der Waals surface area contributed by atoms with Crippen molar-refractivity contribution in [3.05, 3.63) is 107 Å². The predicted octanol–water partition coefficient (Wildman–Crippen LogP) is 4.33. The molecule has 14 nitrogen and oxygen atoms in total. The fraction of sp³-hybridized carbons (Fsp3) is 0.250. The number of aliphatic hydroxyl groups is 1. The highest BCUT2D eigenvalue weighted by atomic mass is 17.1. The molecule has 0 saturated heterocycles. The van der Waals surface area contributed by atoms with Crippen LogP contribution in [0.3, 0.4) is 0 Å². The Bertz CT molecular complexity index is 1840. The lowest BCUT2D eigenvalue weighted by Gasteiger charge is -2.16. The van der Waals surface area contributed by atoms with E-state index in [2.05, 4.69) is 25.2 Å². The van der Waals surface area contributed by atoms with Crippen molar-refractivity contribution in [1.29, 1.82) is 0 Å². The molecule has 0 saturated carbocycles. The van der Waals surface area contributed by atoms with E-state index in [0.717, 1.165) is 27.9 Å². The number of imidazole rings is 1. The summed E-state index contributed by atoms with van der Waals surface area (Å²) in [5, 5.41) is 50.1.